The summed E-state index contributed by atoms with van der Waals surface area (Å²) in [7, 11) is 1.51. The highest BCUT2D eigenvalue weighted by atomic mass is 32.2. The predicted molar refractivity (Wildman–Crippen MR) is 110 cm³/mol. The van der Waals surface area contributed by atoms with Crippen molar-refractivity contribution in [3.63, 3.8) is 0 Å². The summed E-state index contributed by atoms with van der Waals surface area (Å²) in [6.07, 6.45) is -3.55. The number of rotatable bonds is 8. The van der Waals surface area contributed by atoms with Gasteiger partial charge in [0, 0.05) is 11.3 Å². The molecule has 0 aliphatic heterocycles. The van der Waals surface area contributed by atoms with Gasteiger partial charge >= 0.3 is 6.18 Å². The van der Waals surface area contributed by atoms with Gasteiger partial charge in [0.2, 0.25) is 0 Å². The molecule has 0 aliphatic rings. The van der Waals surface area contributed by atoms with Crippen LogP contribution in [0.25, 0.3) is 0 Å². The van der Waals surface area contributed by atoms with Crippen LogP contribution in [-0.2, 0) is 18.3 Å². The van der Waals surface area contributed by atoms with Crippen LogP contribution in [0.3, 0.4) is 0 Å². The number of benzene rings is 3. The van der Waals surface area contributed by atoms with E-state index >= 15 is 0 Å². The molecule has 0 unspecified atom stereocenters. The fraction of sp³-hybridized carbons (Fsp3) is 0.217. The molecule has 1 radical (unpaired) electrons. The van der Waals surface area contributed by atoms with E-state index in [2.05, 4.69) is 6.07 Å². The number of aryl methyl sites for hydroxylation is 1. The van der Waals surface area contributed by atoms with Crippen LogP contribution >= 0.6 is 11.8 Å². The van der Waals surface area contributed by atoms with Crippen molar-refractivity contribution < 1.29 is 22.6 Å². The van der Waals surface area contributed by atoms with Crippen LogP contribution < -0.4 is 9.47 Å². The molecular formula is C23H20F3O2S. The summed E-state index contributed by atoms with van der Waals surface area (Å²) in [5, 5.41) is 0. The van der Waals surface area contributed by atoms with E-state index in [1.807, 2.05) is 30.3 Å². The van der Waals surface area contributed by atoms with E-state index < -0.39 is 11.7 Å². The van der Waals surface area contributed by atoms with Gasteiger partial charge in [-0.25, -0.2) is 0 Å². The molecule has 0 fully saturated rings. The van der Waals surface area contributed by atoms with Gasteiger partial charge in [0.1, 0.15) is 5.75 Å². The Labute approximate surface area is 172 Å². The first-order valence-corrected chi connectivity index (χ1v) is 10.2. The average Bonchev–Trinajstić information content (AvgIpc) is 2.72. The first-order chi connectivity index (χ1) is 14.0. The van der Waals surface area contributed by atoms with E-state index in [9.17, 15) is 13.2 Å². The van der Waals surface area contributed by atoms with E-state index in [-0.39, 0.29) is 0 Å². The summed E-state index contributed by atoms with van der Waals surface area (Å²) in [4.78, 5) is 0. The van der Waals surface area contributed by atoms with Crippen molar-refractivity contribution >= 4 is 11.8 Å². The topological polar surface area (TPSA) is 18.5 Å². The van der Waals surface area contributed by atoms with Crippen LogP contribution in [0.2, 0.25) is 0 Å². The highest BCUT2D eigenvalue weighted by Gasteiger charge is 2.31. The highest BCUT2D eigenvalue weighted by molar-refractivity contribution is 7.98. The monoisotopic (exact) mass is 417 g/mol. The molecular weight excluding hydrogens is 397 g/mol. The third-order valence-corrected chi connectivity index (χ3v) is 5.26. The maximum atomic E-state index is 13.2. The molecule has 0 N–H and O–H groups in total. The van der Waals surface area contributed by atoms with Crippen LogP contribution in [0.1, 0.15) is 16.7 Å². The molecule has 0 atom stereocenters. The molecule has 0 bridgehead atoms. The normalized spacial score (nSPS) is 11.3. The summed E-state index contributed by atoms with van der Waals surface area (Å²) in [5.74, 6) is 2.48. The van der Waals surface area contributed by atoms with Gasteiger partial charge in [-0.15, -0.1) is 0 Å². The first kappa shape index (κ1) is 21.1. The number of ether oxygens (including phenoxy) is 2. The predicted octanol–water partition coefficient (Wildman–Crippen LogP) is 6.78. The zero-order valence-electron chi connectivity index (χ0n) is 15.8. The van der Waals surface area contributed by atoms with Crippen LogP contribution in [0.15, 0.2) is 66.7 Å². The maximum Gasteiger partial charge on any atom is 0.416 e. The van der Waals surface area contributed by atoms with Gasteiger partial charge in [-0.05, 0) is 54.1 Å². The minimum atomic E-state index is -4.40. The summed E-state index contributed by atoms with van der Waals surface area (Å²) in [6, 6.07) is 21.4. The van der Waals surface area contributed by atoms with Gasteiger partial charge in [-0.3, -0.25) is 0 Å². The van der Waals surface area contributed by atoms with E-state index in [0.29, 0.717) is 28.6 Å². The molecule has 151 valence electrons. The van der Waals surface area contributed by atoms with Gasteiger partial charge < -0.3 is 9.47 Å². The Morgan fingerprint density at radius 3 is 2.48 bits per heavy atom. The zero-order chi connectivity index (χ0) is 20.7. The van der Waals surface area contributed by atoms with E-state index in [0.717, 1.165) is 24.3 Å². The maximum absolute atomic E-state index is 13.2. The van der Waals surface area contributed by atoms with E-state index in [1.165, 1.54) is 18.7 Å². The van der Waals surface area contributed by atoms with Gasteiger partial charge in [0.25, 0.3) is 0 Å². The largest absolute Gasteiger partial charge is 0.493 e. The molecule has 6 heteroatoms. The molecule has 2 nitrogen and oxygen atoms in total. The molecule has 3 aromatic rings. The minimum absolute atomic E-state index is 0.378. The molecule has 29 heavy (non-hydrogen) atoms. The fourth-order valence-electron chi connectivity index (χ4n) is 2.75. The molecule has 0 saturated carbocycles. The second kappa shape index (κ2) is 9.74. The molecule has 0 aliphatic carbocycles. The van der Waals surface area contributed by atoms with Gasteiger partial charge in [-0.1, -0.05) is 36.4 Å². The highest BCUT2D eigenvalue weighted by Crippen LogP contribution is 2.37. The van der Waals surface area contributed by atoms with Crippen molar-refractivity contribution in [2.45, 2.75) is 18.3 Å². The number of methoxy groups -OCH3 is 1. The van der Waals surface area contributed by atoms with E-state index in [4.69, 9.17) is 9.47 Å². The molecule has 0 heterocycles. The Hall–Kier alpha value is -2.60. The van der Waals surface area contributed by atoms with E-state index in [1.54, 1.807) is 30.0 Å². The van der Waals surface area contributed by atoms with Crippen molar-refractivity contribution in [3.8, 4) is 17.2 Å². The van der Waals surface area contributed by atoms with Gasteiger partial charge in [-0.2, -0.15) is 24.9 Å². The quantitative estimate of drug-likeness (QED) is 0.376. The molecule has 3 aromatic carbocycles. The molecule has 0 saturated heterocycles. The van der Waals surface area contributed by atoms with Crippen molar-refractivity contribution in [2.24, 2.45) is 0 Å². The summed E-state index contributed by atoms with van der Waals surface area (Å²) >= 11 is 1.57. The SMILES string of the molecule is COc1cc[c]cc1Oc1ccc(C(F)(F)F)cc1CSCCc1ccccc1. The smallest absolute Gasteiger partial charge is 0.416 e. The Balaban J connectivity index is 1.76. The van der Waals surface area contributed by atoms with Gasteiger partial charge in [0.05, 0.1) is 12.7 Å². The molecule has 3 rings (SSSR count). The first-order valence-electron chi connectivity index (χ1n) is 9.01. The lowest BCUT2D eigenvalue weighted by atomic mass is 10.1. The second-order valence-corrected chi connectivity index (χ2v) is 7.39. The molecule has 0 aromatic heterocycles. The number of hydrogen-bond donors (Lipinski definition) is 0. The zero-order valence-corrected chi connectivity index (χ0v) is 16.6. The lowest BCUT2D eigenvalue weighted by Crippen LogP contribution is -2.06. The molecule has 0 amide bonds. The summed E-state index contributed by atoms with van der Waals surface area (Å²) in [6.45, 7) is 0. The fourth-order valence-corrected chi connectivity index (χ4v) is 3.72. The number of halogens is 3. The summed E-state index contributed by atoms with van der Waals surface area (Å²) in [5.41, 5.74) is 1.00. The van der Waals surface area contributed by atoms with Gasteiger partial charge in [0.15, 0.2) is 11.5 Å². The van der Waals surface area contributed by atoms with Crippen molar-refractivity contribution in [3.05, 3.63) is 89.5 Å². The number of hydrogen-bond acceptors (Lipinski definition) is 3. The Morgan fingerprint density at radius 2 is 1.76 bits per heavy atom. The van der Waals surface area contributed by atoms with Crippen LogP contribution in [0.4, 0.5) is 13.2 Å². The van der Waals surface area contributed by atoms with Crippen LogP contribution in [0, 0.1) is 6.07 Å². The average molecular weight is 417 g/mol. The van der Waals surface area contributed by atoms with Crippen molar-refractivity contribution in [1.29, 1.82) is 0 Å². The van der Waals surface area contributed by atoms with Crippen molar-refractivity contribution in [1.82, 2.24) is 0 Å². The second-order valence-electron chi connectivity index (χ2n) is 6.29. The standard InChI is InChI=1S/C23H20F3O2S/c1-27-21-9-5-6-10-22(21)28-20-12-11-19(23(24,25)26)15-18(20)16-29-14-13-17-7-3-2-4-8-17/h2-5,7-12,15H,13-14,16H2,1H3. The molecule has 0 spiro atoms. The number of thioether (sulfide) groups is 1. The lowest BCUT2D eigenvalue weighted by Gasteiger charge is -2.16. The minimum Gasteiger partial charge on any atom is -0.493 e. The third kappa shape index (κ3) is 5.94. The third-order valence-electron chi connectivity index (χ3n) is 4.25. The number of alkyl halides is 3. The van der Waals surface area contributed by atoms with Crippen LogP contribution in [0.5, 0.6) is 17.2 Å². The summed E-state index contributed by atoms with van der Waals surface area (Å²) < 4.78 is 50.7. The Kier molecular flexibility index (Phi) is 7.09. The lowest BCUT2D eigenvalue weighted by molar-refractivity contribution is -0.137. The Morgan fingerprint density at radius 1 is 0.966 bits per heavy atom. The van der Waals surface area contributed by atoms with Crippen LogP contribution in [-0.4, -0.2) is 12.9 Å². The Bertz CT molecular complexity index is 927. The van der Waals surface area contributed by atoms with Crippen molar-refractivity contribution in [2.75, 3.05) is 12.9 Å².